The van der Waals surface area contributed by atoms with Crippen molar-refractivity contribution in [3.8, 4) is 0 Å². The topological polar surface area (TPSA) is 29.9 Å². The van der Waals surface area contributed by atoms with Gasteiger partial charge in [-0.15, -0.1) is 0 Å². The molecule has 0 radical (unpaired) electrons. The second-order valence-corrected chi connectivity index (χ2v) is 5.61. The van der Waals surface area contributed by atoms with Gasteiger partial charge in [-0.3, -0.25) is 0 Å². The molecule has 1 aliphatic heterocycles. The zero-order chi connectivity index (χ0) is 13.2. The first-order valence-electron chi connectivity index (χ1n) is 7.45. The molecule has 1 aliphatic rings. The van der Waals surface area contributed by atoms with E-state index in [0.29, 0.717) is 6.04 Å². The van der Waals surface area contributed by atoms with E-state index in [-0.39, 0.29) is 0 Å². The van der Waals surface area contributed by atoms with Crippen molar-refractivity contribution in [2.24, 2.45) is 7.05 Å². The van der Waals surface area contributed by atoms with Crippen LogP contribution in [0.25, 0.3) is 11.0 Å². The molecule has 102 valence electrons. The number of hydrogen-bond acceptors (Lipinski definition) is 2. The summed E-state index contributed by atoms with van der Waals surface area (Å²) in [5.74, 6) is 1.17. The number of imidazole rings is 1. The van der Waals surface area contributed by atoms with Crippen LogP contribution in [-0.4, -0.2) is 22.1 Å². The van der Waals surface area contributed by atoms with Gasteiger partial charge in [-0.1, -0.05) is 19.4 Å². The number of nitrogens with one attached hydrogen (secondary N) is 1. The monoisotopic (exact) mass is 257 g/mol. The number of benzene rings is 1. The first-order valence-corrected chi connectivity index (χ1v) is 7.45. The Balaban J connectivity index is 1.86. The zero-order valence-corrected chi connectivity index (χ0v) is 11.9. The molecule has 3 heteroatoms. The summed E-state index contributed by atoms with van der Waals surface area (Å²) in [6, 6.07) is 7.39. The van der Waals surface area contributed by atoms with Crippen molar-refractivity contribution >= 4 is 11.0 Å². The van der Waals surface area contributed by atoms with Crippen molar-refractivity contribution in [2.75, 3.05) is 6.54 Å². The van der Waals surface area contributed by atoms with Crippen LogP contribution in [0.1, 0.15) is 37.6 Å². The molecule has 0 aliphatic carbocycles. The van der Waals surface area contributed by atoms with Crippen molar-refractivity contribution in [3.05, 3.63) is 29.6 Å². The minimum Gasteiger partial charge on any atom is -0.331 e. The quantitative estimate of drug-likeness (QED) is 0.916. The Morgan fingerprint density at radius 1 is 1.37 bits per heavy atom. The second kappa shape index (κ2) is 5.33. The van der Waals surface area contributed by atoms with Gasteiger partial charge in [0.1, 0.15) is 5.82 Å². The standard InChI is InChI=1S/C16H23N3/c1-3-16-18-14-8-7-12(11-15(14)19(16)2)10-13-6-4-5-9-17-13/h7-8,11,13,17H,3-6,9-10H2,1-2H3. The third-order valence-corrected chi connectivity index (χ3v) is 4.25. The van der Waals surface area contributed by atoms with Gasteiger partial charge in [0.05, 0.1) is 11.0 Å². The van der Waals surface area contributed by atoms with Crippen molar-refractivity contribution in [1.29, 1.82) is 0 Å². The highest BCUT2D eigenvalue weighted by atomic mass is 15.1. The van der Waals surface area contributed by atoms with Crippen LogP contribution in [0.15, 0.2) is 18.2 Å². The highest BCUT2D eigenvalue weighted by molar-refractivity contribution is 5.76. The van der Waals surface area contributed by atoms with E-state index in [1.54, 1.807) is 0 Å². The van der Waals surface area contributed by atoms with Gasteiger partial charge in [-0.25, -0.2) is 4.98 Å². The van der Waals surface area contributed by atoms with Gasteiger partial charge in [0.15, 0.2) is 0 Å². The summed E-state index contributed by atoms with van der Waals surface area (Å²) in [6.07, 6.45) is 6.14. The van der Waals surface area contributed by atoms with Crippen molar-refractivity contribution in [2.45, 2.75) is 45.1 Å². The molecule has 19 heavy (non-hydrogen) atoms. The number of piperidine rings is 1. The van der Waals surface area contributed by atoms with Gasteiger partial charge >= 0.3 is 0 Å². The summed E-state index contributed by atoms with van der Waals surface area (Å²) >= 11 is 0. The summed E-state index contributed by atoms with van der Waals surface area (Å²) in [5.41, 5.74) is 3.82. The molecule has 1 aromatic carbocycles. The van der Waals surface area contributed by atoms with Gasteiger partial charge in [0.25, 0.3) is 0 Å². The SMILES string of the molecule is CCc1nc2ccc(CC3CCCCN3)cc2n1C. The molecule has 0 bridgehead atoms. The van der Waals surface area contributed by atoms with E-state index in [9.17, 15) is 0 Å². The fourth-order valence-electron chi connectivity index (χ4n) is 3.11. The van der Waals surface area contributed by atoms with Crippen molar-refractivity contribution < 1.29 is 0 Å². The van der Waals surface area contributed by atoms with E-state index in [0.717, 1.165) is 18.4 Å². The van der Waals surface area contributed by atoms with Crippen LogP contribution in [0.4, 0.5) is 0 Å². The Morgan fingerprint density at radius 2 is 2.26 bits per heavy atom. The minimum absolute atomic E-state index is 0.657. The van der Waals surface area contributed by atoms with E-state index in [4.69, 9.17) is 0 Å². The highest BCUT2D eigenvalue weighted by Gasteiger charge is 2.14. The van der Waals surface area contributed by atoms with Crippen molar-refractivity contribution in [1.82, 2.24) is 14.9 Å². The molecule has 1 saturated heterocycles. The molecular weight excluding hydrogens is 234 g/mol. The number of rotatable bonds is 3. The molecule has 0 spiro atoms. The molecule has 1 N–H and O–H groups in total. The first kappa shape index (κ1) is 12.7. The summed E-state index contributed by atoms with van der Waals surface area (Å²) in [6.45, 7) is 3.34. The van der Waals surface area contributed by atoms with E-state index < -0.39 is 0 Å². The average molecular weight is 257 g/mol. The average Bonchev–Trinajstić information content (AvgIpc) is 2.77. The third kappa shape index (κ3) is 2.52. The predicted molar refractivity (Wildman–Crippen MR) is 79.4 cm³/mol. The fraction of sp³-hybridized carbons (Fsp3) is 0.562. The van der Waals surface area contributed by atoms with Gasteiger partial charge < -0.3 is 9.88 Å². The van der Waals surface area contributed by atoms with Crippen LogP contribution < -0.4 is 5.32 Å². The molecule has 2 heterocycles. The lowest BCUT2D eigenvalue weighted by Crippen LogP contribution is -2.35. The number of hydrogen-bond donors (Lipinski definition) is 1. The lowest BCUT2D eigenvalue weighted by atomic mass is 9.97. The van der Waals surface area contributed by atoms with Gasteiger partial charge in [-0.05, 0) is 43.5 Å². The van der Waals surface area contributed by atoms with E-state index in [1.807, 2.05) is 0 Å². The molecule has 3 nitrogen and oxygen atoms in total. The number of aromatic nitrogens is 2. The largest absolute Gasteiger partial charge is 0.331 e. The van der Waals surface area contributed by atoms with Gasteiger partial charge in [0.2, 0.25) is 0 Å². The highest BCUT2D eigenvalue weighted by Crippen LogP contribution is 2.19. The molecule has 1 fully saturated rings. The molecule has 2 aromatic rings. The summed E-state index contributed by atoms with van der Waals surface area (Å²) in [4.78, 5) is 4.67. The molecular formula is C16H23N3. The Labute approximate surface area is 115 Å². The second-order valence-electron chi connectivity index (χ2n) is 5.61. The molecule has 3 rings (SSSR count). The van der Waals surface area contributed by atoms with E-state index in [1.165, 1.54) is 42.7 Å². The molecule has 1 aromatic heterocycles. The number of fused-ring (bicyclic) bond motifs is 1. The normalized spacial score (nSPS) is 20.0. The maximum Gasteiger partial charge on any atom is 0.109 e. The first-order chi connectivity index (χ1) is 9.28. The lowest BCUT2D eigenvalue weighted by Gasteiger charge is -2.23. The minimum atomic E-state index is 0.657. The summed E-state index contributed by atoms with van der Waals surface area (Å²) < 4.78 is 2.23. The maximum atomic E-state index is 4.67. The third-order valence-electron chi connectivity index (χ3n) is 4.25. The molecule has 0 amide bonds. The van der Waals surface area contributed by atoms with E-state index >= 15 is 0 Å². The van der Waals surface area contributed by atoms with Crippen LogP contribution in [0.3, 0.4) is 0 Å². The Morgan fingerprint density at radius 3 is 3.00 bits per heavy atom. The summed E-state index contributed by atoms with van der Waals surface area (Å²) in [5, 5.41) is 3.62. The predicted octanol–water partition coefficient (Wildman–Crippen LogP) is 2.82. The smallest absolute Gasteiger partial charge is 0.109 e. The molecule has 0 saturated carbocycles. The zero-order valence-electron chi connectivity index (χ0n) is 11.9. The Bertz CT molecular complexity index is 565. The van der Waals surface area contributed by atoms with Crippen LogP contribution in [0, 0.1) is 0 Å². The van der Waals surface area contributed by atoms with Crippen molar-refractivity contribution in [3.63, 3.8) is 0 Å². The van der Waals surface area contributed by atoms with Gasteiger partial charge in [0, 0.05) is 19.5 Å². The summed E-state index contributed by atoms with van der Waals surface area (Å²) in [7, 11) is 2.12. The molecule has 1 atom stereocenters. The molecule has 1 unspecified atom stereocenters. The number of aryl methyl sites for hydroxylation is 2. The maximum absolute atomic E-state index is 4.67. The van der Waals surface area contributed by atoms with Crippen LogP contribution in [-0.2, 0) is 19.9 Å². The van der Waals surface area contributed by atoms with E-state index in [2.05, 4.69) is 47.0 Å². The fourth-order valence-corrected chi connectivity index (χ4v) is 3.11. The number of nitrogens with zero attached hydrogens (tertiary/aromatic N) is 2. The van der Waals surface area contributed by atoms with Crippen LogP contribution in [0.2, 0.25) is 0 Å². The Hall–Kier alpha value is -1.35. The van der Waals surface area contributed by atoms with Gasteiger partial charge in [-0.2, -0.15) is 0 Å². The van der Waals surface area contributed by atoms with Crippen LogP contribution >= 0.6 is 0 Å². The van der Waals surface area contributed by atoms with Crippen LogP contribution in [0.5, 0.6) is 0 Å². The lowest BCUT2D eigenvalue weighted by molar-refractivity contribution is 0.399. The Kier molecular flexibility index (Phi) is 3.56.